The van der Waals surface area contributed by atoms with E-state index in [0.717, 1.165) is 22.0 Å². The summed E-state index contributed by atoms with van der Waals surface area (Å²) in [6.07, 6.45) is 3.22. The highest BCUT2D eigenvalue weighted by atomic mass is 16.6. The summed E-state index contributed by atoms with van der Waals surface area (Å²) < 4.78 is 11.5. The second-order valence-electron chi connectivity index (χ2n) is 7.65. The third kappa shape index (κ3) is 5.41. The molecule has 3 aromatic carbocycles. The van der Waals surface area contributed by atoms with E-state index in [1.807, 2.05) is 36.4 Å². The number of aryl methyl sites for hydroxylation is 1. The molecule has 176 valence electrons. The van der Waals surface area contributed by atoms with Crippen molar-refractivity contribution >= 4 is 28.7 Å². The number of carbonyl (C=O) groups is 1. The third-order valence-electron chi connectivity index (χ3n) is 5.32. The van der Waals surface area contributed by atoms with E-state index in [0.29, 0.717) is 17.1 Å². The summed E-state index contributed by atoms with van der Waals surface area (Å²) >= 11 is 0. The predicted molar refractivity (Wildman–Crippen MR) is 132 cm³/mol. The molecular formula is C26H22N4O5. The van der Waals surface area contributed by atoms with Crippen LogP contribution in [-0.4, -0.2) is 29.1 Å². The van der Waals surface area contributed by atoms with Gasteiger partial charge in [0.25, 0.3) is 11.6 Å². The minimum absolute atomic E-state index is 0.0442. The number of nitro groups is 1. The third-order valence-corrected chi connectivity index (χ3v) is 5.32. The first kappa shape index (κ1) is 23.4. The lowest BCUT2D eigenvalue weighted by atomic mass is 10.1. The maximum atomic E-state index is 12.4. The number of nitro benzene ring substituents is 1. The fraction of sp³-hybridized carbons (Fsp3) is 0.115. The van der Waals surface area contributed by atoms with Gasteiger partial charge in [0.1, 0.15) is 23.6 Å². The maximum Gasteiger partial charge on any atom is 0.272 e. The number of para-hydroxylation sites is 1. The number of nitrogens with one attached hydrogen (secondary N) is 1. The highest BCUT2D eigenvalue weighted by Gasteiger charge is 2.13. The second kappa shape index (κ2) is 10.4. The Balaban J connectivity index is 1.46. The van der Waals surface area contributed by atoms with Gasteiger partial charge < -0.3 is 9.47 Å². The summed E-state index contributed by atoms with van der Waals surface area (Å²) in [5, 5.41) is 15.9. The lowest BCUT2D eigenvalue weighted by Crippen LogP contribution is -2.17. The van der Waals surface area contributed by atoms with Crippen LogP contribution < -0.4 is 14.9 Å². The molecule has 0 atom stereocenters. The molecule has 9 heteroatoms. The minimum atomic E-state index is -0.489. The standard InChI is InChI=1S/C26H22N4O5/c1-17-13-20(9-10-22(17)30(32)33)26(31)29-28-15-18-8-11-23(34-2)21(14-18)16-35-24-7-3-5-19-6-4-12-27-25(19)24/h3-15H,16H2,1-2H3,(H,29,31). The van der Waals surface area contributed by atoms with Crippen molar-refractivity contribution in [1.29, 1.82) is 0 Å². The quantitative estimate of drug-likeness (QED) is 0.225. The molecule has 4 rings (SSSR count). The first-order valence-corrected chi connectivity index (χ1v) is 10.7. The molecule has 1 N–H and O–H groups in total. The van der Waals surface area contributed by atoms with Crippen LogP contribution in [0.5, 0.6) is 11.5 Å². The predicted octanol–water partition coefficient (Wildman–Crippen LogP) is 4.80. The van der Waals surface area contributed by atoms with Gasteiger partial charge in [0, 0.05) is 34.3 Å². The molecule has 0 saturated carbocycles. The topological polar surface area (TPSA) is 116 Å². The Labute approximate surface area is 201 Å². The molecule has 4 aromatic rings. The number of rotatable bonds is 8. The Hall–Kier alpha value is -4.79. The van der Waals surface area contributed by atoms with Gasteiger partial charge in [-0.3, -0.25) is 19.9 Å². The van der Waals surface area contributed by atoms with Crippen LogP contribution >= 0.6 is 0 Å². The smallest absolute Gasteiger partial charge is 0.272 e. The van der Waals surface area contributed by atoms with E-state index >= 15 is 0 Å². The average Bonchev–Trinajstić information content (AvgIpc) is 2.87. The summed E-state index contributed by atoms with van der Waals surface area (Å²) in [7, 11) is 1.58. The van der Waals surface area contributed by atoms with Gasteiger partial charge >= 0.3 is 0 Å². The number of methoxy groups -OCH3 is 1. The van der Waals surface area contributed by atoms with Crippen LogP contribution in [0.2, 0.25) is 0 Å². The molecule has 0 aliphatic carbocycles. The molecule has 0 fully saturated rings. The van der Waals surface area contributed by atoms with Crippen LogP contribution in [0.1, 0.15) is 27.0 Å². The summed E-state index contributed by atoms with van der Waals surface area (Å²) in [5.74, 6) is 0.843. The number of pyridine rings is 1. The van der Waals surface area contributed by atoms with Crippen molar-refractivity contribution in [3.05, 3.63) is 105 Å². The molecule has 1 aromatic heterocycles. The molecule has 1 heterocycles. The van der Waals surface area contributed by atoms with Crippen LogP contribution in [0.25, 0.3) is 10.9 Å². The molecule has 9 nitrogen and oxygen atoms in total. The van der Waals surface area contributed by atoms with Gasteiger partial charge in [0.15, 0.2) is 0 Å². The van der Waals surface area contributed by atoms with Crippen LogP contribution in [0, 0.1) is 17.0 Å². The van der Waals surface area contributed by atoms with Gasteiger partial charge in [-0.2, -0.15) is 5.10 Å². The van der Waals surface area contributed by atoms with Crippen molar-refractivity contribution in [2.45, 2.75) is 13.5 Å². The van der Waals surface area contributed by atoms with Crippen molar-refractivity contribution in [3.63, 3.8) is 0 Å². The monoisotopic (exact) mass is 470 g/mol. The van der Waals surface area contributed by atoms with Gasteiger partial charge in [-0.1, -0.05) is 18.2 Å². The Kier molecular flexibility index (Phi) is 6.96. The van der Waals surface area contributed by atoms with Crippen LogP contribution in [-0.2, 0) is 6.61 Å². The number of amides is 1. The Morgan fingerprint density at radius 3 is 2.71 bits per heavy atom. The second-order valence-corrected chi connectivity index (χ2v) is 7.65. The van der Waals surface area contributed by atoms with Gasteiger partial charge in [-0.25, -0.2) is 5.43 Å². The minimum Gasteiger partial charge on any atom is -0.496 e. The number of ether oxygens (including phenoxy) is 2. The molecule has 0 saturated heterocycles. The van der Waals surface area contributed by atoms with E-state index in [4.69, 9.17) is 9.47 Å². The summed E-state index contributed by atoms with van der Waals surface area (Å²) in [6.45, 7) is 1.82. The first-order chi connectivity index (χ1) is 17.0. The van der Waals surface area contributed by atoms with Gasteiger partial charge in [-0.15, -0.1) is 0 Å². The number of benzene rings is 3. The van der Waals surface area contributed by atoms with Gasteiger partial charge in [-0.05, 0) is 55.0 Å². The zero-order valence-electron chi connectivity index (χ0n) is 19.1. The molecule has 0 spiro atoms. The number of nitrogens with zero attached hydrogens (tertiary/aromatic N) is 3. The van der Waals surface area contributed by atoms with Crippen LogP contribution in [0.15, 0.2) is 78.0 Å². The van der Waals surface area contributed by atoms with E-state index in [9.17, 15) is 14.9 Å². The number of hydrogen-bond donors (Lipinski definition) is 1. The van der Waals surface area contributed by atoms with Crippen LogP contribution in [0.4, 0.5) is 5.69 Å². The highest BCUT2D eigenvalue weighted by molar-refractivity contribution is 5.95. The Morgan fingerprint density at radius 2 is 1.94 bits per heavy atom. The zero-order chi connectivity index (χ0) is 24.8. The number of hydrazone groups is 1. The number of hydrogen-bond acceptors (Lipinski definition) is 7. The molecule has 0 aliphatic rings. The highest BCUT2D eigenvalue weighted by Crippen LogP contribution is 2.26. The lowest BCUT2D eigenvalue weighted by molar-refractivity contribution is -0.385. The normalized spacial score (nSPS) is 10.9. The van der Waals surface area contributed by atoms with E-state index in [1.165, 1.54) is 24.4 Å². The molecule has 0 radical (unpaired) electrons. The average molecular weight is 470 g/mol. The Bertz CT molecular complexity index is 1430. The fourth-order valence-electron chi connectivity index (χ4n) is 3.57. The van der Waals surface area contributed by atoms with E-state index in [2.05, 4.69) is 15.5 Å². The maximum absolute atomic E-state index is 12.4. The number of aromatic nitrogens is 1. The van der Waals surface area contributed by atoms with E-state index in [-0.39, 0.29) is 17.9 Å². The molecule has 0 bridgehead atoms. The molecule has 0 aliphatic heterocycles. The van der Waals surface area contributed by atoms with Crippen molar-refractivity contribution < 1.29 is 19.2 Å². The lowest BCUT2D eigenvalue weighted by Gasteiger charge is -2.12. The fourth-order valence-corrected chi connectivity index (χ4v) is 3.57. The first-order valence-electron chi connectivity index (χ1n) is 10.7. The van der Waals surface area contributed by atoms with Crippen molar-refractivity contribution in [1.82, 2.24) is 10.4 Å². The van der Waals surface area contributed by atoms with Crippen molar-refractivity contribution in [2.75, 3.05) is 7.11 Å². The molecule has 0 unspecified atom stereocenters. The van der Waals surface area contributed by atoms with Crippen molar-refractivity contribution in [3.8, 4) is 11.5 Å². The zero-order valence-corrected chi connectivity index (χ0v) is 19.1. The number of carbonyl (C=O) groups excluding carboxylic acids is 1. The van der Waals surface area contributed by atoms with E-state index < -0.39 is 10.8 Å². The summed E-state index contributed by atoms with van der Waals surface area (Å²) in [6, 6.07) is 19.2. The van der Waals surface area contributed by atoms with Crippen molar-refractivity contribution in [2.24, 2.45) is 5.10 Å². The number of fused-ring (bicyclic) bond motifs is 1. The van der Waals surface area contributed by atoms with Crippen LogP contribution in [0.3, 0.4) is 0 Å². The largest absolute Gasteiger partial charge is 0.496 e. The summed E-state index contributed by atoms with van der Waals surface area (Å²) in [5.41, 5.74) is 5.36. The Morgan fingerprint density at radius 1 is 1.11 bits per heavy atom. The van der Waals surface area contributed by atoms with Gasteiger partial charge in [0.2, 0.25) is 0 Å². The SMILES string of the molecule is COc1ccc(C=NNC(=O)c2ccc([N+](=O)[O-])c(C)c2)cc1COc1cccc2cccnc12. The summed E-state index contributed by atoms with van der Waals surface area (Å²) in [4.78, 5) is 27.2. The molecule has 1 amide bonds. The molecule has 35 heavy (non-hydrogen) atoms. The molecular weight excluding hydrogens is 448 g/mol. The van der Waals surface area contributed by atoms with E-state index in [1.54, 1.807) is 32.4 Å². The van der Waals surface area contributed by atoms with Gasteiger partial charge in [0.05, 0.1) is 18.2 Å².